The van der Waals surface area contributed by atoms with Gasteiger partial charge in [0.05, 0.1) is 6.61 Å². The minimum Gasteiger partial charge on any atom is -0.490 e. The summed E-state index contributed by atoms with van der Waals surface area (Å²) in [4.78, 5) is 2.64. The zero-order valence-electron chi connectivity index (χ0n) is 12.2. The molecule has 0 amide bonds. The van der Waals surface area contributed by atoms with Crippen LogP contribution in [0.15, 0.2) is 30.3 Å². The first kappa shape index (κ1) is 14.9. The van der Waals surface area contributed by atoms with E-state index >= 15 is 0 Å². The molecule has 3 nitrogen and oxygen atoms in total. The van der Waals surface area contributed by atoms with Gasteiger partial charge in [0.1, 0.15) is 6.61 Å². The minimum absolute atomic E-state index is 0.579. The fraction of sp³-hybridized carbons (Fsp3) is 0.375. The summed E-state index contributed by atoms with van der Waals surface area (Å²) in [5, 5.41) is 3.17. The molecule has 0 saturated carbocycles. The average Bonchev–Trinajstić information content (AvgIpc) is 2.79. The van der Waals surface area contributed by atoms with Crippen LogP contribution in [0.3, 0.4) is 0 Å². The smallest absolute Gasteiger partial charge is 0.161 e. The first-order valence-electron chi connectivity index (χ1n) is 6.82. The number of para-hydroxylation sites is 2. The molecule has 1 aromatic heterocycles. The molecule has 1 aromatic carbocycles. The topological polar surface area (TPSA) is 30.5 Å². The Morgan fingerprint density at radius 2 is 1.85 bits per heavy atom. The molecule has 0 bridgehead atoms. The molecule has 0 atom stereocenters. The summed E-state index contributed by atoms with van der Waals surface area (Å²) in [5.41, 5.74) is 1.24. The maximum Gasteiger partial charge on any atom is 0.161 e. The van der Waals surface area contributed by atoms with Crippen LogP contribution in [0.5, 0.6) is 11.5 Å². The van der Waals surface area contributed by atoms with Crippen LogP contribution in [0, 0.1) is 6.92 Å². The van der Waals surface area contributed by atoms with E-state index in [-0.39, 0.29) is 0 Å². The Morgan fingerprint density at radius 3 is 2.50 bits per heavy atom. The van der Waals surface area contributed by atoms with E-state index in [2.05, 4.69) is 18.3 Å². The Morgan fingerprint density at radius 1 is 1.15 bits per heavy atom. The molecule has 0 radical (unpaired) electrons. The average molecular weight is 291 g/mol. The molecule has 0 aliphatic carbocycles. The second-order valence-corrected chi connectivity index (χ2v) is 5.83. The lowest BCUT2D eigenvalue weighted by molar-refractivity contribution is 0.269. The summed E-state index contributed by atoms with van der Waals surface area (Å²) < 4.78 is 11.5. The van der Waals surface area contributed by atoms with Crippen LogP contribution < -0.4 is 14.8 Å². The Kier molecular flexibility index (Phi) is 5.44. The third-order valence-corrected chi connectivity index (χ3v) is 4.05. The van der Waals surface area contributed by atoms with Crippen LogP contribution in [-0.4, -0.2) is 13.7 Å². The van der Waals surface area contributed by atoms with Gasteiger partial charge in [-0.3, -0.25) is 0 Å². The molecule has 0 aliphatic rings. The van der Waals surface area contributed by atoms with Crippen molar-refractivity contribution in [1.82, 2.24) is 5.32 Å². The van der Waals surface area contributed by atoms with Gasteiger partial charge in [0.2, 0.25) is 0 Å². The molecule has 4 heteroatoms. The summed E-state index contributed by atoms with van der Waals surface area (Å²) in [5.74, 6) is 1.61. The molecule has 2 rings (SSSR count). The van der Waals surface area contributed by atoms with Crippen LogP contribution >= 0.6 is 11.3 Å². The lowest BCUT2D eigenvalue weighted by Gasteiger charge is -2.11. The molecule has 1 N–H and O–H groups in total. The van der Waals surface area contributed by atoms with Gasteiger partial charge in [-0.15, -0.1) is 11.3 Å². The van der Waals surface area contributed by atoms with Crippen molar-refractivity contribution in [2.24, 2.45) is 0 Å². The minimum atomic E-state index is 0.579. The molecule has 0 saturated heterocycles. The highest BCUT2D eigenvalue weighted by molar-refractivity contribution is 7.12. The van der Waals surface area contributed by atoms with Crippen LogP contribution in [0.25, 0.3) is 0 Å². The van der Waals surface area contributed by atoms with Crippen LogP contribution in [0.2, 0.25) is 0 Å². The highest BCUT2D eigenvalue weighted by atomic mass is 32.1. The number of benzene rings is 1. The van der Waals surface area contributed by atoms with Gasteiger partial charge in [-0.1, -0.05) is 12.1 Å². The molecule has 1 heterocycles. The van der Waals surface area contributed by atoms with Crippen molar-refractivity contribution in [1.29, 1.82) is 0 Å². The van der Waals surface area contributed by atoms with E-state index in [1.165, 1.54) is 15.3 Å². The van der Waals surface area contributed by atoms with Gasteiger partial charge in [-0.05, 0) is 39.1 Å². The summed E-state index contributed by atoms with van der Waals surface area (Å²) in [6.07, 6.45) is 0. The summed E-state index contributed by atoms with van der Waals surface area (Å²) in [6, 6.07) is 10.0. The van der Waals surface area contributed by atoms with Crippen LogP contribution in [0.1, 0.15) is 22.2 Å². The van der Waals surface area contributed by atoms with Crippen LogP contribution in [0.4, 0.5) is 0 Å². The first-order chi connectivity index (χ1) is 9.74. The first-order valence-corrected chi connectivity index (χ1v) is 7.63. The second-order valence-electron chi connectivity index (χ2n) is 4.49. The fourth-order valence-electron chi connectivity index (χ4n) is 1.99. The van der Waals surface area contributed by atoms with Crippen molar-refractivity contribution in [3.8, 4) is 11.5 Å². The van der Waals surface area contributed by atoms with Crippen molar-refractivity contribution in [2.45, 2.75) is 27.0 Å². The van der Waals surface area contributed by atoms with E-state index in [0.717, 1.165) is 18.0 Å². The predicted molar refractivity (Wildman–Crippen MR) is 83.8 cm³/mol. The van der Waals surface area contributed by atoms with E-state index in [1.807, 2.05) is 49.6 Å². The van der Waals surface area contributed by atoms with Gasteiger partial charge >= 0.3 is 0 Å². The van der Waals surface area contributed by atoms with Crippen molar-refractivity contribution in [2.75, 3.05) is 13.7 Å². The second kappa shape index (κ2) is 7.31. The molecule has 0 spiro atoms. The number of rotatable bonds is 7. The molecule has 2 aromatic rings. The maximum atomic E-state index is 5.91. The van der Waals surface area contributed by atoms with Crippen molar-refractivity contribution >= 4 is 11.3 Å². The standard InChI is InChI=1S/C16H21NO2S/c1-4-18-15-7-5-6-8-16(15)19-11-13-9-14(10-17-3)20-12(13)2/h5-9,17H,4,10-11H2,1-3H3. The highest BCUT2D eigenvalue weighted by Crippen LogP contribution is 2.29. The summed E-state index contributed by atoms with van der Waals surface area (Å²) in [7, 11) is 1.96. The molecule has 0 unspecified atom stereocenters. The normalized spacial score (nSPS) is 10.6. The molecule has 20 heavy (non-hydrogen) atoms. The van der Waals surface area contributed by atoms with Crippen LogP contribution in [-0.2, 0) is 13.2 Å². The van der Waals surface area contributed by atoms with Gasteiger partial charge in [0.15, 0.2) is 11.5 Å². The number of nitrogens with one attached hydrogen (secondary N) is 1. The molecule has 0 fully saturated rings. The predicted octanol–water partition coefficient (Wildman–Crippen LogP) is 3.75. The van der Waals surface area contributed by atoms with Gasteiger partial charge < -0.3 is 14.8 Å². The lowest BCUT2D eigenvalue weighted by atomic mass is 10.2. The van der Waals surface area contributed by atoms with E-state index in [9.17, 15) is 0 Å². The Balaban J connectivity index is 2.05. The van der Waals surface area contributed by atoms with Gasteiger partial charge in [0, 0.05) is 21.9 Å². The Hall–Kier alpha value is -1.52. The van der Waals surface area contributed by atoms with Crippen molar-refractivity contribution in [3.05, 3.63) is 45.6 Å². The highest BCUT2D eigenvalue weighted by Gasteiger charge is 2.08. The Bertz CT molecular complexity index is 551. The summed E-state index contributed by atoms with van der Waals surface area (Å²) in [6.45, 7) is 6.24. The third kappa shape index (κ3) is 3.74. The number of aryl methyl sites for hydroxylation is 1. The maximum absolute atomic E-state index is 5.91. The van der Waals surface area contributed by atoms with Gasteiger partial charge in [0.25, 0.3) is 0 Å². The van der Waals surface area contributed by atoms with Gasteiger partial charge in [-0.2, -0.15) is 0 Å². The lowest BCUT2D eigenvalue weighted by Crippen LogP contribution is -2.03. The number of hydrogen-bond donors (Lipinski definition) is 1. The van der Waals surface area contributed by atoms with Crippen molar-refractivity contribution < 1.29 is 9.47 Å². The Labute approximate surface area is 124 Å². The van der Waals surface area contributed by atoms with E-state index in [0.29, 0.717) is 13.2 Å². The van der Waals surface area contributed by atoms with E-state index in [1.54, 1.807) is 0 Å². The fourth-order valence-corrected chi connectivity index (χ4v) is 3.05. The van der Waals surface area contributed by atoms with Gasteiger partial charge in [-0.25, -0.2) is 0 Å². The summed E-state index contributed by atoms with van der Waals surface area (Å²) >= 11 is 1.81. The number of ether oxygens (including phenoxy) is 2. The van der Waals surface area contributed by atoms with Crippen molar-refractivity contribution in [3.63, 3.8) is 0 Å². The largest absolute Gasteiger partial charge is 0.490 e. The molecular formula is C16H21NO2S. The zero-order valence-corrected chi connectivity index (χ0v) is 13.0. The monoisotopic (exact) mass is 291 g/mol. The SMILES string of the molecule is CCOc1ccccc1OCc1cc(CNC)sc1C. The van der Waals surface area contributed by atoms with E-state index in [4.69, 9.17) is 9.47 Å². The van der Waals surface area contributed by atoms with E-state index < -0.39 is 0 Å². The quantitative estimate of drug-likeness (QED) is 0.842. The molecular weight excluding hydrogens is 270 g/mol. The number of hydrogen-bond acceptors (Lipinski definition) is 4. The molecule has 0 aliphatic heterocycles. The zero-order chi connectivity index (χ0) is 14.4. The number of thiophene rings is 1. The molecule has 108 valence electrons. The third-order valence-electron chi connectivity index (χ3n) is 2.95.